The molecule has 8 nitrogen and oxygen atoms in total. The number of ether oxygens (including phenoxy) is 2. The van der Waals surface area contributed by atoms with Crippen LogP contribution in [0.5, 0.6) is 11.5 Å². The number of benzene rings is 1. The summed E-state index contributed by atoms with van der Waals surface area (Å²) in [4.78, 5) is 6.95. The number of rotatable bonds is 7. The molecule has 0 amide bonds. The van der Waals surface area contributed by atoms with Gasteiger partial charge in [0.25, 0.3) is 0 Å². The molecule has 1 fully saturated rings. The molecule has 2 N–H and O–H groups in total. The van der Waals surface area contributed by atoms with Crippen LogP contribution in [-0.4, -0.2) is 66.1 Å². The molecule has 1 aliphatic heterocycles. The highest BCUT2D eigenvalue weighted by molar-refractivity contribution is 5.80. The Kier molecular flexibility index (Phi) is 6.98. The fourth-order valence-electron chi connectivity index (χ4n) is 3.67. The van der Waals surface area contributed by atoms with Crippen LogP contribution >= 0.6 is 0 Å². The minimum atomic E-state index is -0.787. The van der Waals surface area contributed by atoms with Crippen molar-refractivity contribution >= 4 is 5.96 Å². The van der Waals surface area contributed by atoms with Crippen molar-refractivity contribution in [3.63, 3.8) is 0 Å². The van der Waals surface area contributed by atoms with E-state index in [9.17, 15) is 5.11 Å². The number of nitrogens with zero attached hydrogens (tertiary/aromatic N) is 4. The van der Waals surface area contributed by atoms with E-state index in [1.165, 1.54) is 5.56 Å². The van der Waals surface area contributed by atoms with E-state index in [-0.39, 0.29) is 6.54 Å². The van der Waals surface area contributed by atoms with E-state index < -0.39 is 6.10 Å². The first-order valence-corrected chi connectivity index (χ1v) is 9.97. The molecular weight excluding hydrogens is 370 g/mol. The van der Waals surface area contributed by atoms with Crippen LogP contribution in [0.25, 0.3) is 0 Å². The van der Waals surface area contributed by atoms with Gasteiger partial charge in [-0.15, -0.1) is 0 Å². The number of aliphatic hydroxyl groups excluding tert-OH is 1. The van der Waals surface area contributed by atoms with Crippen molar-refractivity contribution in [2.24, 2.45) is 12.0 Å². The zero-order chi connectivity index (χ0) is 20.8. The van der Waals surface area contributed by atoms with Crippen LogP contribution in [0.3, 0.4) is 0 Å². The Morgan fingerprint density at radius 3 is 2.86 bits per heavy atom. The predicted molar refractivity (Wildman–Crippen MR) is 113 cm³/mol. The third-order valence-corrected chi connectivity index (χ3v) is 5.23. The molecule has 2 unspecified atom stereocenters. The molecule has 1 aliphatic rings. The highest BCUT2D eigenvalue weighted by Crippen LogP contribution is 2.30. The number of methoxy groups -OCH3 is 2. The molecule has 2 atom stereocenters. The van der Waals surface area contributed by atoms with E-state index in [0.29, 0.717) is 23.0 Å². The van der Waals surface area contributed by atoms with Crippen LogP contribution in [0, 0.1) is 0 Å². The van der Waals surface area contributed by atoms with Crippen LogP contribution in [0.1, 0.15) is 36.5 Å². The molecule has 3 rings (SSSR count). The van der Waals surface area contributed by atoms with E-state index in [1.54, 1.807) is 26.4 Å². The van der Waals surface area contributed by atoms with Crippen LogP contribution in [0.15, 0.2) is 35.6 Å². The van der Waals surface area contributed by atoms with Crippen molar-refractivity contribution in [2.45, 2.75) is 25.4 Å². The molecule has 0 bridgehead atoms. The molecule has 0 saturated carbocycles. The molecule has 29 heavy (non-hydrogen) atoms. The Morgan fingerprint density at radius 2 is 2.21 bits per heavy atom. The number of aliphatic hydroxyl groups is 1. The summed E-state index contributed by atoms with van der Waals surface area (Å²) in [5, 5.41) is 18.4. The number of hydrogen-bond acceptors (Lipinski definition) is 5. The standard InChI is InChI=1S/C21H31N5O3/c1-5-22-21(26-9-8-15(14-26)16-11-24-25(2)13-16)23-12-19(27)18-10-17(28-3)6-7-20(18)29-4/h6-7,10-11,13,15,19,27H,5,8-9,12,14H2,1-4H3,(H,22,23). The van der Waals surface area contributed by atoms with Crippen molar-refractivity contribution < 1.29 is 14.6 Å². The number of aromatic nitrogens is 2. The lowest BCUT2D eigenvalue weighted by Gasteiger charge is -2.22. The number of hydrogen-bond donors (Lipinski definition) is 2. The maximum atomic E-state index is 10.7. The number of aryl methyl sites for hydroxylation is 1. The summed E-state index contributed by atoms with van der Waals surface area (Å²) in [6, 6.07) is 5.40. The predicted octanol–water partition coefficient (Wildman–Crippen LogP) is 1.93. The van der Waals surface area contributed by atoms with Crippen LogP contribution in [0.4, 0.5) is 0 Å². The molecule has 1 aromatic carbocycles. The third kappa shape index (κ3) is 5.00. The molecule has 0 aliphatic carbocycles. The Hall–Kier alpha value is -2.74. The number of guanidine groups is 1. The van der Waals surface area contributed by atoms with E-state index in [1.807, 2.05) is 30.9 Å². The molecule has 8 heteroatoms. The zero-order valence-electron chi connectivity index (χ0n) is 17.6. The van der Waals surface area contributed by atoms with Crippen molar-refractivity contribution in [1.82, 2.24) is 20.0 Å². The van der Waals surface area contributed by atoms with E-state index in [2.05, 4.69) is 21.5 Å². The molecule has 2 heterocycles. The van der Waals surface area contributed by atoms with E-state index in [0.717, 1.165) is 32.0 Å². The molecule has 1 saturated heterocycles. The first kappa shape index (κ1) is 21.0. The van der Waals surface area contributed by atoms with Crippen molar-refractivity contribution in [2.75, 3.05) is 40.4 Å². The van der Waals surface area contributed by atoms with Gasteiger partial charge in [0.15, 0.2) is 5.96 Å². The summed E-state index contributed by atoms with van der Waals surface area (Å²) >= 11 is 0. The van der Waals surface area contributed by atoms with Crippen molar-refractivity contribution in [3.8, 4) is 11.5 Å². The number of nitrogens with one attached hydrogen (secondary N) is 1. The van der Waals surface area contributed by atoms with Gasteiger partial charge in [0.05, 0.1) is 27.0 Å². The Morgan fingerprint density at radius 1 is 1.38 bits per heavy atom. The molecular formula is C21H31N5O3. The lowest BCUT2D eigenvalue weighted by atomic mass is 10.0. The van der Waals surface area contributed by atoms with Crippen LogP contribution in [-0.2, 0) is 7.05 Å². The van der Waals surface area contributed by atoms with Crippen molar-refractivity contribution in [1.29, 1.82) is 0 Å². The zero-order valence-corrected chi connectivity index (χ0v) is 17.6. The fraction of sp³-hybridized carbons (Fsp3) is 0.524. The third-order valence-electron chi connectivity index (χ3n) is 5.23. The topological polar surface area (TPSA) is 84.1 Å². The van der Waals surface area contributed by atoms with Gasteiger partial charge in [-0.3, -0.25) is 9.67 Å². The summed E-state index contributed by atoms with van der Waals surface area (Å²) in [6.07, 6.45) is 4.29. The van der Waals surface area contributed by atoms with Gasteiger partial charge < -0.3 is 24.8 Å². The highest BCUT2D eigenvalue weighted by atomic mass is 16.5. The van der Waals surface area contributed by atoms with Gasteiger partial charge >= 0.3 is 0 Å². The Labute approximate surface area is 172 Å². The molecule has 158 valence electrons. The van der Waals surface area contributed by atoms with Gasteiger partial charge in [0.1, 0.15) is 17.6 Å². The van der Waals surface area contributed by atoms with E-state index in [4.69, 9.17) is 14.5 Å². The second kappa shape index (κ2) is 9.65. The maximum absolute atomic E-state index is 10.7. The number of aliphatic imine (C=N–C) groups is 1. The molecule has 2 aromatic rings. The lowest BCUT2D eigenvalue weighted by molar-refractivity contribution is 0.181. The quantitative estimate of drug-likeness (QED) is 0.545. The average molecular weight is 402 g/mol. The Bertz CT molecular complexity index is 835. The van der Waals surface area contributed by atoms with Crippen LogP contribution < -0.4 is 14.8 Å². The normalized spacial score (nSPS) is 18.0. The van der Waals surface area contributed by atoms with Gasteiger partial charge in [-0.05, 0) is 37.1 Å². The SMILES string of the molecule is CCNC(=NCC(O)c1cc(OC)ccc1OC)N1CCC(c2cnn(C)c2)C1. The molecule has 1 aromatic heterocycles. The molecule has 0 radical (unpaired) electrons. The summed E-state index contributed by atoms with van der Waals surface area (Å²) < 4.78 is 12.5. The summed E-state index contributed by atoms with van der Waals surface area (Å²) in [6.45, 7) is 4.86. The fourth-order valence-corrected chi connectivity index (χ4v) is 3.67. The minimum absolute atomic E-state index is 0.236. The summed E-state index contributed by atoms with van der Waals surface area (Å²) in [5.41, 5.74) is 1.92. The van der Waals surface area contributed by atoms with Gasteiger partial charge in [-0.2, -0.15) is 5.10 Å². The smallest absolute Gasteiger partial charge is 0.194 e. The van der Waals surface area contributed by atoms with E-state index >= 15 is 0 Å². The first-order chi connectivity index (χ1) is 14.0. The largest absolute Gasteiger partial charge is 0.497 e. The second-order valence-corrected chi connectivity index (χ2v) is 7.20. The minimum Gasteiger partial charge on any atom is -0.497 e. The maximum Gasteiger partial charge on any atom is 0.194 e. The van der Waals surface area contributed by atoms with Gasteiger partial charge in [-0.1, -0.05) is 0 Å². The summed E-state index contributed by atoms with van der Waals surface area (Å²) in [5.74, 6) is 2.56. The Balaban J connectivity index is 1.71. The van der Waals surface area contributed by atoms with Crippen LogP contribution in [0.2, 0.25) is 0 Å². The molecule has 0 spiro atoms. The first-order valence-electron chi connectivity index (χ1n) is 9.97. The summed E-state index contributed by atoms with van der Waals surface area (Å²) in [7, 11) is 5.13. The van der Waals surface area contributed by atoms with Gasteiger partial charge in [0.2, 0.25) is 0 Å². The average Bonchev–Trinajstić information content (AvgIpc) is 3.39. The highest BCUT2D eigenvalue weighted by Gasteiger charge is 2.27. The van der Waals surface area contributed by atoms with Gasteiger partial charge in [0, 0.05) is 44.4 Å². The lowest BCUT2D eigenvalue weighted by Crippen LogP contribution is -2.40. The van der Waals surface area contributed by atoms with Crippen molar-refractivity contribution in [3.05, 3.63) is 41.7 Å². The number of likely N-dealkylation sites (tertiary alicyclic amines) is 1. The van der Waals surface area contributed by atoms with Gasteiger partial charge in [-0.25, -0.2) is 0 Å². The second-order valence-electron chi connectivity index (χ2n) is 7.20. The monoisotopic (exact) mass is 401 g/mol.